The molecule has 0 radical (unpaired) electrons. The average Bonchev–Trinajstić information content (AvgIpc) is 2.80. The summed E-state index contributed by atoms with van der Waals surface area (Å²) in [6.07, 6.45) is 4.25. The lowest BCUT2D eigenvalue weighted by molar-refractivity contribution is 0.250. The molecule has 1 N–H and O–H groups in total. The lowest BCUT2D eigenvalue weighted by Gasteiger charge is -2.18. The highest BCUT2D eigenvalue weighted by Crippen LogP contribution is 2.06. The molecule has 0 fully saturated rings. The fourth-order valence-corrected chi connectivity index (χ4v) is 1.73. The third-order valence-electron chi connectivity index (χ3n) is 2.73. The molecule has 3 nitrogen and oxygen atoms in total. The molecule has 1 aromatic rings. The van der Waals surface area contributed by atoms with Gasteiger partial charge in [0.05, 0.1) is 12.8 Å². The minimum absolute atomic E-state index is 0.935. The Morgan fingerprint density at radius 1 is 1.31 bits per heavy atom. The minimum atomic E-state index is 0.935. The van der Waals surface area contributed by atoms with Crippen molar-refractivity contribution in [3.05, 3.63) is 24.2 Å². The van der Waals surface area contributed by atoms with Gasteiger partial charge in [0, 0.05) is 0 Å². The van der Waals surface area contributed by atoms with E-state index in [1.54, 1.807) is 6.26 Å². The van der Waals surface area contributed by atoms with Gasteiger partial charge in [-0.2, -0.15) is 0 Å². The molecule has 0 unspecified atom stereocenters. The Morgan fingerprint density at radius 3 is 2.81 bits per heavy atom. The first kappa shape index (κ1) is 13.3. The van der Waals surface area contributed by atoms with E-state index >= 15 is 0 Å². The molecule has 3 heteroatoms. The smallest absolute Gasteiger partial charge is 0.117 e. The Hall–Kier alpha value is -0.800. The van der Waals surface area contributed by atoms with Gasteiger partial charge in [-0.25, -0.2) is 0 Å². The summed E-state index contributed by atoms with van der Waals surface area (Å²) in [5.41, 5.74) is 0. The second-order valence-electron chi connectivity index (χ2n) is 4.01. The van der Waals surface area contributed by atoms with Crippen LogP contribution in [0.5, 0.6) is 0 Å². The van der Waals surface area contributed by atoms with E-state index in [1.807, 2.05) is 12.1 Å². The lowest BCUT2D eigenvalue weighted by Crippen LogP contribution is -2.24. The zero-order valence-corrected chi connectivity index (χ0v) is 10.5. The molecule has 0 aliphatic carbocycles. The fraction of sp³-hybridized carbons (Fsp3) is 0.692. The van der Waals surface area contributed by atoms with E-state index in [4.69, 9.17) is 4.42 Å². The van der Waals surface area contributed by atoms with Crippen LogP contribution in [0.25, 0.3) is 0 Å². The summed E-state index contributed by atoms with van der Waals surface area (Å²) in [6, 6.07) is 4.00. The predicted molar refractivity (Wildman–Crippen MR) is 67.4 cm³/mol. The molecule has 92 valence electrons. The van der Waals surface area contributed by atoms with Crippen LogP contribution >= 0.6 is 0 Å². The van der Waals surface area contributed by atoms with Gasteiger partial charge >= 0.3 is 0 Å². The summed E-state index contributed by atoms with van der Waals surface area (Å²) in [4.78, 5) is 2.42. The molecular weight excluding hydrogens is 200 g/mol. The van der Waals surface area contributed by atoms with Crippen molar-refractivity contribution in [2.75, 3.05) is 26.2 Å². The van der Waals surface area contributed by atoms with E-state index in [0.717, 1.165) is 38.5 Å². The molecule has 0 bridgehead atoms. The van der Waals surface area contributed by atoms with Crippen molar-refractivity contribution in [2.45, 2.75) is 33.2 Å². The van der Waals surface area contributed by atoms with Crippen molar-refractivity contribution in [2.24, 2.45) is 0 Å². The molecule has 0 saturated carbocycles. The van der Waals surface area contributed by atoms with Crippen LogP contribution in [0, 0.1) is 0 Å². The molecule has 0 aromatic carbocycles. The normalized spacial score (nSPS) is 11.2. The third-order valence-corrected chi connectivity index (χ3v) is 2.73. The second-order valence-corrected chi connectivity index (χ2v) is 4.01. The number of hydrogen-bond donors (Lipinski definition) is 1. The number of nitrogens with zero attached hydrogens (tertiary/aromatic N) is 1. The van der Waals surface area contributed by atoms with Gasteiger partial charge in [0.25, 0.3) is 0 Å². The van der Waals surface area contributed by atoms with E-state index < -0.39 is 0 Å². The highest BCUT2D eigenvalue weighted by Gasteiger charge is 2.04. The zero-order valence-electron chi connectivity index (χ0n) is 10.5. The van der Waals surface area contributed by atoms with Crippen LogP contribution in [0.4, 0.5) is 0 Å². The number of nitrogens with one attached hydrogen (secondary N) is 1. The molecule has 16 heavy (non-hydrogen) atoms. The quantitative estimate of drug-likeness (QED) is 0.653. The molecule has 0 aliphatic heterocycles. The van der Waals surface area contributed by atoms with Crippen molar-refractivity contribution in [3.63, 3.8) is 0 Å². The largest absolute Gasteiger partial charge is 0.468 e. The summed E-state index contributed by atoms with van der Waals surface area (Å²) in [5, 5.41) is 3.35. The summed E-state index contributed by atoms with van der Waals surface area (Å²) in [5.74, 6) is 1.06. The zero-order chi connectivity index (χ0) is 11.6. The maximum atomic E-state index is 5.36. The van der Waals surface area contributed by atoms with Crippen molar-refractivity contribution >= 4 is 0 Å². The van der Waals surface area contributed by atoms with E-state index in [9.17, 15) is 0 Å². The maximum absolute atomic E-state index is 5.36. The summed E-state index contributed by atoms with van der Waals surface area (Å²) < 4.78 is 5.36. The fourth-order valence-electron chi connectivity index (χ4n) is 1.73. The first-order valence-corrected chi connectivity index (χ1v) is 6.32. The van der Waals surface area contributed by atoms with Crippen molar-refractivity contribution in [3.8, 4) is 0 Å². The standard InChI is InChI=1S/C13H24N2O/c1-3-14-9-5-6-10-15(4-2)12-13-8-7-11-16-13/h7-8,11,14H,3-6,9-10,12H2,1-2H3. The molecule has 0 amide bonds. The van der Waals surface area contributed by atoms with Crippen LogP contribution in [0.2, 0.25) is 0 Å². The number of unbranched alkanes of at least 4 members (excludes halogenated alkanes) is 1. The predicted octanol–water partition coefficient (Wildman–Crippen LogP) is 2.49. The maximum Gasteiger partial charge on any atom is 0.117 e. The van der Waals surface area contributed by atoms with E-state index in [2.05, 4.69) is 24.1 Å². The van der Waals surface area contributed by atoms with Crippen LogP contribution in [0.1, 0.15) is 32.4 Å². The first-order chi connectivity index (χ1) is 7.86. The summed E-state index contributed by atoms with van der Waals surface area (Å²) in [6.45, 7) is 9.73. The van der Waals surface area contributed by atoms with Crippen LogP contribution in [0.15, 0.2) is 22.8 Å². The van der Waals surface area contributed by atoms with Crippen LogP contribution < -0.4 is 5.32 Å². The third kappa shape index (κ3) is 5.33. The van der Waals surface area contributed by atoms with E-state index in [-0.39, 0.29) is 0 Å². The SMILES string of the molecule is CCNCCCCN(CC)Cc1ccco1. The van der Waals surface area contributed by atoms with Gasteiger partial charge in [-0.3, -0.25) is 4.90 Å². The van der Waals surface area contributed by atoms with Crippen molar-refractivity contribution in [1.29, 1.82) is 0 Å². The summed E-state index contributed by atoms with van der Waals surface area (Å²) >= 11 is 0. The Morgan fingerprint density at radius 2 is 2.19 bits per heavy atom. The molecule has 0 saturated heterocycles. The van der Waals surface area contributed by atoms with Gasteiger partial charge in [0.15, 0.2) is 0 Å². The molecule has 0 atom stereocenters. The molecule has 1 rings (SSSR count). The van der Waals surface area contributed by atoms with Gasteiger partial charge in [-0.05, 0) is 51.2 Å². The number of rotatable bonds is 9. The van der Waals surface area contributed by atoms with Crippen molar-refractivity contribution < 1.29 is 4.42 Å². The van der Waals surface area contributed by atoms with Crippen LogP contribution in [-0.4, -0.2) is 31.1 Å². The molecular formula is C13H24N2O. The van der Waals surface area contributed by atoms with Crippen LogP contribution in [0.3, 0.4) is 0 Å². The van der Waals surface area contributed by atoms with Crippen LogP contribution in [-0.2, 0) is 6.54 Å². The lowest BCUT2D eigenvalue weighted by atomic mass is 10.2. The van der Waals surface area contributed by atoms with Gasteiger partial charge in [-0.15, -0.1) is 0 Å². The minimum Gasteiger partial charge on any atom is -0.468 e. The Bertz CT molecular complexity index is 246. The topological polar surface area (TPSA) is 28.4 Å². The second kappa shape index (κ2) is 8.36. The Labute approximate surface area is 98.8 Å². The monoisotopic (exact) mass is 224 g/mol. The van der Waals surface area contributed by atoms with Gasteiger partial charge in [-0.1, -0.05) is 13.8 Å². The average molecular weight is 224 g/mol. The number of furan rings is 1. The van der Waals surface area contributed by atoms with Gasteiger partial charge in [0.2, 0.25) is 0 Å². The molecule has 0 aliphatic rings. The van der Waals surface area contributed by atoms with Gasteiger partial charge in [0.1, 0.15) is 5.76 Å². The van der Waals surface area contributed by atoms with Gasteiger partial charge < -0.3 is 9.73 Å². The molecule has 0 spiro atoms. The van der Waals surface area contributed by atoms with E-state index in [1.165, 1.54) is 12.8 Å². The molecule has 1 heterocycles. The number of hydrogen-bond acceptors (Lipinski definition) is 3. The Kier molecular flexibility index (Phi) is 6.93. The highest BCUT2D eigenvalue weighted by atomic mass is 16.3. The molecule has 1 aromatic heterocycles. The Balaban J connectivity index is 2.12. The van der Waals surface area contributed by atoms with Crippen molar-refractivity contribution in [1.82, 2.24) is 10.2 Å². The highest BCUT2D eigenvalue weighted by molar-refractivity contribution is 4.97. The first-order valence-electron chi connectivity index (χ1n) is 6.32. The van der Waals surface area contributed by atoms with E-state index in [0.29, 0.717) is 0 Å². The summed E-state index contributed by atoms with van der Waals surface area (Å²) in [7, 11) is 0.